The van der Waals surface area contributed by atoms with Gasteiger partial charge in [0.25, 0.3) is 0 Å². The second-order valence-electron chi connectivity index (χ2n) is 7.21. The molecule has 176 valence electrons. The zero-order valence-electron chi connectivity index (χ0n) is 18.3. The number of phenolic OH excluding ortho intramolecular Hbond substituents is 1. The summed E-state index contributed by atoms with van der Waals surface area (Å²) < 4.78 is 43.1. The number of aryl methyl sites for hydroxylation is 1. The van der Waals surface area contributed by atoms with Gasteiger partial charge in [-0.2, -0.15) is 5.10 Å². The first-order chi connectivity index (χ1) is 16.1. The first-order valence-corrected chi connectivity index (χ1v) is 13.3. The fraction of sp³-hybridized carbons (Fsp3) is 0.0870. The normalized spacial score (nSPS) is 10.9. The number of hydrogen-bond acceptors (Lipinski definition) is 5. The summed E-state index contributed by atoms with van der Waals surface area (Å²) in [5.41, 5.74) is 3.78. The number of anilines is 1. The number of amides is 1. The maximum atomic E-state index is 13.0. The number of halogens is 1. The van der Waals surface area contributed by atoms with Gasteiger partial charge in [-0.25, -0.2) is 4.39 Å². The number of hydrogen-bond donors (Lipinski definition) is 4. The number of nitrogens with one attached hydrogen (secondary N) is 1. The molecule has 0 saturated heterocycles. The first-order valence-electron chi connectivity index (χ1n) is 9.92. The molecule has 0 bridgehead atoms. The minimum atomic E-state index is -5.15. The number of rotatable bonds is 4. The predicted molar refractivity (Wildman–Crippen MR) is 125 cm³/mol. The van der Waals surface area contributed by atoms with Crippen molar-refractivity contribution in [2.24, 2.45) is 7.05 Å². The molecule has 11 heteroatoms. The quantitative estimate of drug-likeness (QED) is 0.235. The molecule has 0 aliphatic carbocycles. The molecule has 0 radical (unpaired) electrons. The van der Waals surface area contributed by atoms with Gasteiger partial charge in [0.15, 0.2) is 0 Å². The van der Waals surface area contributed by atoms with E-state index < -0.39 is 30.2 Å². The fourth-order valence-corrected chi connectivity index (χ4v) is 4.53. The topological polar surface area (TPSA) is 138 Å². The van der Waals surface area contributed by atoms with Crippen LogP contribution in [0.1, 0.15) is 6.92 Å². The Balaban J connectivity index is 0.000000197. The molecule has 0 saturated carbocycles. The van der Waals surface area contributed by atoms with Crippen LogP contribution in [0.2, 0.25) is 0 Å². The molecule has 1 amide bonds. The number of phenols is 1. The van der Waals surface area contributed by atoms with E-state index in [0.717, 1.165) is 28.5 Å². The molecular weight excluding hydrogens is 506 g/mol. The average Bonchev–Trinajstić information content (AvgIpc) is 3.17. The van der Waals surface area contributed by atoms with Gasteiger partial charge in [-0.05, 0) is 42.0 Å². The second kappa shape index (κ2) is 10.5. The number of nitrogens with zero attached hydrogens (tertiary/aromatic N) is 3. The summed E-state index contributed by atoms with van der Waals surface area (Å²) in [6.07, 6.45) is 5.45. The summed E-state index contributed by atoms with van der Waals surface area (Å²) in [5, 5.41) is 16.2. The van der Waals surface area contributed by atoms with E-state index in [-0.39, 0.29) is 11.5 Å². The van der Waals surface area contributed by atoms with E-state index in [1.807, 2.05) is 25.4 Å². The Morgan fingerprint density at radius 1 is 1.03 bits per heavy atom. The largest absolute Gasteiger partial charge is 0.275 e. The van der Waals surface area contributed by atoms with E-state index in [1.54, 1.807) is 29.2 Å². The molecule has 9 nitrogen and oxygen atoms in total. The number of aromatic nitrogens is 3. The van der Waals surface area contributed by atoms with Crippen molar-refractivity contribution in [2.75, 3.05) is 5.32 Å². The molecule has 0 fully saturated rings. The minimum Gasteiger partial charge on any atom is -0.275 e. The molecule has 4 rings (SSSR count). The molecule has 34 heavy (non-hydrogen) atoms. The van der Waals surface area contributed by atoms with Crippen LogP contribution in [0.5, 0.6) is 5.75 Å². The summed E-state index contributed by atoms with van der Waals surface area (Å²) in [7, 11) is 1.87. The maximum Gasteiger partial charge on any atom is 0.123 e. The third-order valence-electron chi connectivity index (χ3n) is 4.58. The molecule has 0 spiro atoms. The van der Waals surface area contributed by atoms with E-state index in [2.05, 4.69) is 15.4 Å². The monoisotopic (exact) mass is 528 g/mol. The van der Waals surface area contributed by atoms with E-state index in [0.29, 0.717) is 0 Å². The Bertz CT molecular complexity index is 1340. The van der Waals surface area contributed by atoms with Crippen molar-refractivity contribution < 1.29 is 26.2 Å². The Labute approximate surface area is 197 Å². The number of aromatic hydroxyl groups is 1. The SMILES string of the molecule is CC(=O)Nc1cccc([As](=O)(O)O)c1O.Cn1cc(-c2ccncc2)c(-c2ccc(F)cc2)n1. The van der Waals surface area contributed by atoms with Crippen molar-refractivity contribution in [1.82, 2.24) is 14.8 Å². The van der Waals surface area contributed by atoms with Gasteiger partial charge in [0.1, 0.15) is 11.5 Å². The van der Waals surface area contributed by atoms with Crippen molar-refractivity contribution in [2.45, 2.75) is 6.92 Å². The van der Waals surface area contributed by atoms with E-state index in [1.165, 1.54) is 31.2 Å². The Kier molecular flexibility index (Phi) is 7.67. The summed E-state index contributed by atoms with van der Waals surface area (Å²) in [6.45, 7) is 1.23. The number of pyridine rings is 1. The van der Waals surface area contributed by atoms with Gasteiger partial charge in [-0.15, -0.1) is 0 Å². The standard InChI is InChI=1S/C15H12FN3.C8H10AsNO5/c1-19-10-14(11-6-8-17-9-7-11)15(18-19)12-2-4-13(16)5-3-12;1-5(11)10-7-4-2-3-6(8(7)12)9(13,14)15/h2-10H,1H3;2-4,12H,1H3,(H,10,11)(H2,13,14,15). The number of benzene rings is 2. The number of para-hydroxylation sites is 1. The molecule has 0 atom stereocenters. The molecule has 2 heterocycles. The molecule has 0 aliphatic heterocycles. The van der Waals surface area contributed by atoms with Gasteiger partial charge in [0.2, 0.25) is 0 Å². The van der Waals surface area contributed by atoms with Crippen LogP contribution < -0.4 is 9.67 Å². The molecule has 4 aromatic rings. The molecular formula is C23H22AsFN4O5. The molecule has 0 aliphatic rings. The van der Waals surface area contributed by atoms with Crippen LogP contribution in [0.15, 0.2) is 73.2 Å². The predicted octanol–water partition coefficient (Wildman–Crippen LogP) is 2.20. The van der Waals surface area contributed by atoms with Crippen LogP contribution in [0.3, 0.4) is 0 Å². The van der Waals surface area contributed by atoms with Crippen molar-refractivity contribution in [1.29, 1.82) is 0 Å². The van der Waals surface area contributed by atoms with Crippen LogP contribution in [-0.4, -0.2) is 48.1 Å². The van der Waals surface area contributed by atoms with Gasteiger partial charge in [-0.3, -0.25) is 9.67 Å². The third kappa shape index (κ3) is 6.20. The summed E-state index contributed by atoms with van der Waals surface area (Å²) in [6, 6.07) is 14.1. The van der Waals surface area contributed by atoms with Gasteiger partial charge >= 0.3 is 88.1 Å². The Hall–Kier alpha value is -3.72. The summed E-state index contributed by atoms with van der Waals surface area (Å²) >= 11 is -5.15. The molecule has 0 unspecified atom stereocenters. The smallest absolute Gasteiger partial charge is 0.123 e. The fourth-order valence-electron chi connectivity index (χ4n) is 3.11. The number of carbonyl (C=O) groups is 1. The summed E-state index contributed by atoms with van der Waals surface area (Å²) in [4.78, 5) is 14.7. The maximum absolute atomic E-state index is 13.0. The molecule has 4 N–H and O–H groups in total. The van der Waals surface area contributed by atoms with Gasteiger partial charge in [0, 0.05) is 36.8 Å². The van der Waals surface area contributed by atoms with E-state index >= 15 is 0 Å². The van der Waals surface area contributed by atoms with Crippen molar-refractivity contribution in [3.05, 3.63) is 79.0 Å². The second-order valence-corrected chi connectivity index (χ2v) is 10.5. The summed E-state index contributed by atoms with van der Waals surface area (Å²) in [5.74, 6) is -1.26. The van der Waals surface area contributed by atoms with Crippen LogP contribution in [0.4, 0.5) is 10.1 Å². The molecule has 2 aromatic heterocycles. The van der Waals surface area contributed by atoms with Gasteiger partial charge in [-0.1, -0.05) is 0 Å². The van der Waals surface area contributed by atoms with E-state index in [4.69, 9.17) is 8.19 Å². The van der Waals surface area contributed by atoms with Crippen LogP contribution in [-0.2, 0) is 15.6 Å². The Morgan fingerprint density at radius 3 is 2.26 bits per heavy atom. The van der Waals surface area contributed by atoms with Gasteiger partial charge in [0.05, 0.1) is 0 Å². The molecule has 2 aromatic carbocycles. The van der Waals surface area contributed by atoms with Crippen LogP contribution >= 0.6 is 0 Å². The van der Waals surface area contributed by atoms with Crippen LogP contribution in [0.25, 0.3) is 22.4 Å². The van der Waals surface area contributed by atoms with Gasteiger partial charge < -0.3 is 0 Å². The third-order valence-corrected chi connectivity index (χ3v) is 6.65. The minimum absolute atomic E-state index is 0.00951. The average molecular weight is 528 g/mol. The van der Waals surface area contributed by atoms with Crippen molar-refractivity contribution in [3.8, 4) is 28.1 Å². The zero-order chi connectivity index (χ0) is 24.9. The zero-order valence-corrected chi connectivity index (χ0v) is 20.1. The van der Waals surface area contributed by atoms with Crippen molar-refractivity contribution >= 4 is 30.1 Å². The van der Waals surface area contributed by atoms with E-state index in [9.17, 15) is 18.0 Å². The number of carbonyl (C=O) groups excluding carboxylic acids is 1. The first kappa shape index (κ1) is 24.9. The Morgan fingerprint density at radius 2 is 1.68 bits per heavy atom. The van der Waals surface area contributed by atoms with Crippen LogP contribution in [0, 0.1) is 5.82 Å². The van der Waals surface area contributed by atoms with Crippen molar-refractivity contribution in [3.63, 3.8) is 0 Å².